The van der Waals surface area contributed by atoms with Gasteiger partial charge in [-0.15, -0.1) is 0 Å². The fraction of sp³-hybridized carbons (Fsp3) is 0.455. The lowest BCUT2D eigenvalue weighted by atomic mass is 9.78. The molecule has 1 nitrogen and oxygen atoms in total. The van der Waals surface area contributed by atoms with Gasteiger partial charge in [0.15, 0.2) is 0 Å². The van der Waals surface area contributed by atoms with Gasteiger partial charge in [0.05, 0.1) is 5.02 Å². The Kier molecular flexibility index (Phi) is 2.50. The molecule has 76 valence electrons. The van der Waals surface area contributed by atoms with Crippen LogP contribution in [0.1, 0.15) is 12.5 Å². The van der Waals surface area contributed by atoms with Crippen molar-refractivity contribution in [1.29, 1.82) is 0 Å². The van der Waals surface area contributed by atoms with E-state index in [1.807, 2.05) is 6.07 Å². The maximum absolute atomic E-state index is 12.9. The number of nitrogens with one attached hydrogen (secondary N) is 1. The van der Waals surface area contributed by atoms with E-state index in [1.165, 1.54) is 6.07 Å². The van der Waals surface area contributed by atoms with Crippen molar-refractivity contribution in [1.82, 2.24) is 5.32 Å². The smallest absolute Gasteiger partial charge is 0.141 e. The lowest BCUT2D eigenvalue weighted by molar-refractivity contribution is 0.195. The second kappa shape index (κ2) is 3.52. The topological polar surface area (TPSA) is 12.0 Å². The SMILES string of the molecule is CC1(Cc2ccc(F)c(Cl)c2)CNC1. The van der Waals surface area contributed by atoms with Gasteiger partial charge in [0.2, 0.25) is 0 Å². The minimum absolute atomic E-state index is 0.221. The molecule has 1 aliphatic rings. The minimum atomic E-state index is -0.340. The van der Waals surface area contributed by atoms with Gasteiger partial charge in [-0.3, -0.25) is 0 Å². The third kappa shape index (κ3) is 1.91. The molecule has 0 radical (unpaired) electrons. The van der Waals surface area contributed by atoms with Crippen LogP contribution < -0.4 is 5.32 Å². The van der Waals surface area contributed by atoms with Gasteiger partial charge in [-0.05, 0) is 29.5 Å². The third-order valence-corrected chi connectivity index (χ3v) is 3.01. The van der Waals surface area contributed by atoms with Crippen LogP contribution in [0.3, 0.4) is 0 Å². The summed E-state index contributed by atoms with van der Waals surface area (Å²) in [6, 6.07) is 4.97. The van der Waals surface area contributed by atoms with Crippen LogP contribution in [-0.2, 0) is 6.42 Å². The molecule has 1 heterocycles. The van der Waals surface area contributed by atoms with Crippen LogP contribution in [0.2, 0.25) is 5.02 Å². The molecule has 0 amide bonds. The van der Waals surface area contributed by atoms with Gasteiger partial charge >= 0.3 is 0 Å². The fourth-order valence-corrected chi connectivity index (χ4v) is 2.02. The largest absolute Gasteiger partial charge is 0.316 e. The fourth-order valence-electron chi connectivity index (χ4n) is 1.82. The Hall–Kier alpha value is -0.600. The van der Waals surface area contributed by atoms with Crippen molar-refractivity contribution in [3.63, 3.8) is 0 Å². The Balaban J connectivity index is 2.13. The molecule has 3 heteroatoms. The summed E-state index contributed by atoms with van der Waals surface area (Å²) < 4.78 is 12.9. The summed E-state index contributed by atoms with van der Waals surface area (Å²) in [4.78, 5) is 0. The summed E-state index contributed by atoms with van der Waals surface area (Å²) in [7, 11) is 0. The predicted octanol–water partition coefficient (Wildman–Crippen LogP) is 2.63. The Morgan fingerprint density at radius 3 is 2.71 bits per heavy atom. The maximum Gasteiger partial charge on any atom is 0.141 e. The molecule has 0 bridgehead atoms. The predicted molar refractivity (Wildman–Crippen MR) is 56.1 cm³/mol. The Morgan fingerprint density at radius 2 is 2.21 bits per heavy atom. The van der Waals surface area contributed by atoms with E-state index in [0.717, 1.165) is 25.1 Å². The summed E-state index contributed by atoms with van der Waals surface area (Å²) in [5, 5.41) is 3.46. The van der Waals surface area contributed by atoms with E-state index in [2.05, 4.69) is 12.2 Å². The highest BCUT2D eigenvalue weighted by Gasteiger charge is 2.31. The highest BCUT2D eigenvalue weighted by molar-refractivity contribution is 6.30. The van der Waals surface area contributed by atoms with Crippen molar-refractivity contribution in [2.24, 2.45) is 5.41 Å². The number of rotatable bonds is 2. The van der Waals surface area contributed by atoms with Crippen LogP contribution in [-0.4, -0.2) is 13.1 Å². The number of hydrogen-bond acceptors (Lipinski definition) is 1. The monoisotopic (exact) mass is 213 g/mol. The zero-order chi connectivity index (χ0) is 10.2. The molecule has 1 aliphatic heterocycles. The highest BCUT2D eigenvalue weighted by atomic mass is 35.5. The average Bonchev–Trinajstić information content (AvgIpc) is 2.09. The van der Waals surface area contributed by atoms with E-state index in [9.17, 15) is 4.39 Å². The minimum Gasteiger partial charge on any atom is -0.316 e. The summed E-state index contributed by atoms with van der Waals surface area (Å²) in [5.41, 5.74) is 1.43. The van der Waals surface area contributed by atoms with Crippen molar-refractivity contribution in [2.45, 2.75) is 13.3 Å². The van der Waals surface area contributed by atoms with Gasteiger partial charge < -0.3 is 5.32 Å². The molecule has 0 unspecified atom stereocenters. The molecule has 1 fully saturated rings. The molecule has 0 saturated carbocycles. The molecule has 1 saturated heterocycles. The van der Waals surface area contributed by atoms with Crippen molar-refractivity contribution < 1.29 is 4.39 Å². The Labute approximate surface area is 88.3 Å². The standard InChI is InChI=1S/C11H13ClFN/c1-11(6-14-7-11)5-8-2-3-10(13)9(12)4-8/h2-4,14H,5-7H2,1H3. The second-order valence-corrected chi connectivity index (χ2v) is 4.75. The van der Waals surface area contributed by atoms with Crippen LogP contribution in [0.25, 0.3) is 0 Å². The van der Waals surface area contributed by atoms with Crippen molar-refractivity contribution in [3.8, 4) is 0 Å². The van der Waals surface area contributed by atoms with E-state index in [4.69, 9.17) is 11.6 Å². The molecular formula is C11H13ClFN. The molecule has 0 aliphatic carbocycles. The first kappa shape index (κ1) is 9.94. The molecule has 0 aromatic heterocycles. The number of halogens is 2. The normalized spacial score (nSPS) is 19.1. The van der Waals surface area contributed by atoms with Gasteiger partial charge in [0.25, 0.3) is 0 Å². The molecule has 0 spiro atoms. The highest BCUT2D eigenvalue weighted by Crippen LogP contribution is 2.28. The van der Waals surface area contributed by atoms with Crippen LogP contribution >= 0.6 is 11.6 Å². The van der Waals surface area contributed by atoms with Crippen LogP contribution in [0, 0.1) is 11.2 Å². The van der Waals surface area contributed by atoms with Gasteiger partial charge in [-0.2, -0.15) is 0 Å². The molecule has 1 aromatic rings. The van der Waals surface area contributed by atoms with Crippen molar-refractivity contribution in [3.05, 3.63) is 34.6 Å². The third-order valence-electron chi connectivity index (χ3n) is 2.72. The van der Waals surface area contributed by atoms with E-state index in [-0.39, 0.29) is 10.8 Å². The van der Waals surface area contributed by atoms with E-state index >= 15 is 0 Å². The average molecular weight is 214 g/mol. The Bertz CT molecular complexity index is 347. The summed E-state index contributed by atoms with van der Waals surface area (Å²) in [5.74, 6) is -0.340. The first-order valence-electron chi connectivity index (χ1n) is 4.74. The van der Waals surface area contributed by atoms with Crippen LogP contribution in [0.4, 0.5) is 4.39 Å². The summed E-state index contributed by atoms with van der Waals surface area (Å²) >= 11 is 5.71. The molecule has 2 rings (SSSR count). The molecule has 0 atom stereocenters. The maximum atomic E-state index is 12.9. The molecule has 1 N–H and O–H groups in total. The number of benzene rings is 1. The second-order valence-electron chi connectivity index (χ2n) is 4.34. The quantitative estimate of drug-likeness (QED) is 0.797. The van der Waals surface area contributed by atoms with E-state index < -0.39 is 0 Å². The molecule has 1 aromatic carbocycles. The number of hydrogen-bond donors (Lipinski definition) is 1. The van der Waals surface area contributed by atoms with E-state index in [1.54, 1.807) is 6.07 Å². The van der Waals surface area contributed by atoms with Gasteiger partial charge in [-0.1, -0.05) is 24.6 Å². The van der Waals surface area contributed by atoms with Crippen molar-refractivity contribution >= 4 is 11.6 Å². The Morgan fingerprint density at radius 1 is 1.50 bits per heavy atom. The van der Waals surface area contributed by atoms with Crippen molar-refractivity contribution in [2.75, 3.05) is 13.1 Å². The first-order chi connectivity index (χ1) is 6.59. The van der Waals surface area contributed by atoms with Crippen LogP contribution in [0.5, 0.6) is 0 Å². The lowest BCUT2D eigenvalue weighted by Crippen LogP contribution is -2.52. The summed E-state index contributed by atoms with van der Waals surface area (Å²) in [6.07, 6.45) is 0.958. The zero-order valence-corrected chi connectivity index (χ0v) is 8.87. The molecule has 14 heavy (non-hydrogen) atoms. The summed E-state index contributed by atoms with van der Waals surface area (Å²) in [6.45, 7) is 4.28. The first-order valence-corrected chi connectivity index (χ1v) is 5.12. The lowest BCUT2D eigenvalue weighted by Gasteiger charge is -2.39. The molecular weight excluding hydrogens is 201 g/mol. The van der Waals surface area contributed by atoms with Gasteiger partial charge in [0.1, 0.15) is 5.82 Å². The zero-order valence-electron chi connectivity index (χ0n) is 8.11. The van der Waals surface area contributed by atoms with Gasteiger partial charge in [0, 0.05) is 13.1 Å². The van der Waals surface area contributed by atoms with Crippen LogP contribution in [0.15, 0.2) is 18.2 Å². The van der Waals surface area contributed by atoms with Gasteiger partial charge in [-0.25, -0.2) is 4.39 Å². The van der Waals surface area contributed by atoms with E-state index in [0.29, 0.717) is 5.41 Å².